The first-order valence-electron chi connectivity index (χ1n) is 6.79. The highest BCUT2D eigenvalue weighted by atomic mass is 16.5. The summed E-state index contributed by atoms with van der Waals surface area (Å²) in [5, 5.41) is 2.91. The maximum atomic E-state index is 12.4. The van der Waals surface area contributed by atoms with Crippen LogP contribution in [0, 0.1) is 5.92 Å². The van der Waals surface area contributed by atoms with E-state index in [-0.39, 0.29) is 17.9 Å². The van der Waals surface area contributed by atoms with Crippen molar-refractivity contribution in [2.45, 2.75) is 19.9 Å². The molecule has 0 aliphatic rings. The van der Waals surface area contributed by atoms with Gasteiger partial charge in [0.25, 0.3) is 5.91 Å². The maximum Gasteiger partial charge on any atom is 0.255 e. The fourth-order valence-corrected chi connectivity index (χ4v) is 1.95. The Bertz CT molecular complexity index is 489. The fraction of sp³-hybridized carbons (Fsp3) is 0.533. The predicted octanol–water partition coefficient (Wildman–Crippen LogP) is 1.43. The molecule has 1 aromatic rings. The predicted molar refractivity (Wildman–Crippen MR) is 81.2 cm³/mol. The van der Waals surface area contributed by atoms with E-state index in [9.17, 15) is 4.79 Å². The van der Waals surface area contributed by atoms with Crippen LogP contribution in [0.3, 0.4) is 0 Å². The second-order valence-electron chi connectivity index (χ2n) is 4.97. The summed E-state index contributed by atoms with van der Waals surface area (Å²) in [6.45, 7) is 4.38. The zero-order valence-corrected chi connectivity index (χ0v) is 13.2. The Morgan fingerprint density at radius 2 is 1.62 bits per heavy atom. The summed E-state index contributed by atoms with van der Waals surface area (Å²) < 4.78 is 15.7. The summed E-state index contributed by atoms with van der Waals surface area (Å²) in [7, 11) is 4.55. The molecule has 0 aromatic heterocycles. The molecule has 0 aliphatic heterocycles. The summed E-state index contributed by atoms with van der Waals surface area (Å²) in [6, 6.07) is 3.12. The lowest BCUT2D eigenvalue weighted by molar-refractivity contribution is 0.0924. The molecule has 0 heterocycles. The van der Waals surface area contributed by atoms with E-state index < -0.39 is 0 Å². The van der Waals surface area contributed by atoms with E-state index in [1.807, 2.05) is 13.8 Å². The third-order valence-corrected chi connectivity index (χ3v) is 3.33. The number of nitrogens with one attached hydrogen (secondary N) is 1. The number of carbonyl (C=O) groups is 1. The number of amides is 1. The molecule has 0 saturated carbocycles. The van der Waals surface area contributed by atoms with Gasteiger partial charge in [-0.3, -0.25) is 4.79 Å². The second-order valence-corrected chi connectivity index (χ2v) is 4.97. The molecular formula is C15H24N2O4. The average Bonchev–Trinajstić information content (AvgIpc) is 2.50. The summed E-state index contributed by atoms with van der Waals surface area (Å²) in [5.74, 6) is 1.38. The highest BCUT2D eigenvalue weighted by Gasteiger charge is 2.21. The highest BCUT2D eigenvalue weighted by Crippen LogP contribution is 2.34. The molecule has 118 valence electrons. The van der Waals surface area contributed by atoms with Gasteiger partial charge in [-0.25, -0.2) is 0 Å². The molecule has 6 heteroatoms. The Labute approximate surface area is 125 Å². The van der Waals surface area contributed by atoms with Crippen molar-refractivity contribution in [1.82, 2.24) is 5.32 Å². The van der Waals surface area contributed by atoms with Crippen LogP contribution in [0.1, 0.15) is 24.2 Å². The number of methoxy groups -OCH3 is 3. The van der Waals surface area contributed by atoms with Crippen molar-refractivity contribution in [2.75, 3.05) is 27.9 Å². The van der Waals surface area contributed by atoms with Gasteiger partial charge in [0.05, 0.1) is 26.9 Å². The Kier molecular flexibility index (Phi) is 6.30. The molecule has 1 aromatic carbocycles. The largest absolute Gasteiger partial charge is 0.496 e. The van der Waals surface area contributed by atoms with E-state index in [4.69, 9.17) is 19.9 Å². The maximum absolute atomic E-state index is 12.4. The minimum Gasteiger partial charge on any atom is -0.496 e. The van der Waals surface area contributed by atoms with E-state index in [1.54, 1.807) is 12.1 Å². The van der Waals surface area contributed by atoms with E-state index >= 15 is 0 Å². The summed E-state index contributed by atoms with van der Waals surface area (Å²) in [4.78, 5) is 12.4. The molecule has 0 fully saturated rings. The van der Waals surface area contributed by atoms with Crippen molar-refractivity contribution >= 4 is 5.91 Å². The number of rotatable bonds is 7. The van der Waals surface area contributed by atoms with Gasteiger partial charge in [-0.15, -0.1) is 0 Å². The zero-order valence-electron chi connectivity index (χ0n) is 13.2. The molecule has 6 nitrogen and oxygen atoms in total. The standard InChI is InChI=1S/C15H24N2O4/c1-9(2)11(8-16)17-15(18)10-6-13(20-4)14(21-5)7-12(10)19-3/h6-7,9,11H,8,16H2,1-5H3,(H,17,18). The number of benzene rings is 1. The Hall–Kier alpha value is -1.95. The van der Waals surface area contributed by atoms with Crippen LogP contribution >= 0.6 is 0 Å². The molecule has 21 heavy (non-hydrogen) atoms. The highest BCUT2D eigenvalue weighted by molar-refractivity contribution is 5.98. The number of ether oxygens (including phenoxy) is 3. The van der Waals surface area contributed by atoms with E-state index in [0.29, 0.717) is 29.4 Å². The van der Waals surface area contributed by atoms with Crippen LogP contribution in [0.25, 0.3) is 0 Å². The number of hydrogen-bond acceptors (Lipinski definition) is 5. The summed E-state index contributed by atoms with van der Waals surface area (Å²) in [6.07, 6.45) is 0. The van der Waals surface area contributed by atoms with Gasteiger partial charge in [0.1, 0.15) is 5.75 Å². The van der Waals surface area contributed by atoms with Crippen LogP contribution in [0.15, 0.2) is 12.1 Å². The van der Waals surface area contributed by atoms with Crippen molar-refractivity contribution in [3.8, 4) is 17.2 Å². The lowest BCUT2D eigenvalue weighted by Gasteiger charge is -2.21. The molecule has 1 amide bonds. The van der Waals surface area contributed by atoms with E-state index in [2.05, 4.69) is 5.32 Å². The average molecular weight is 296 g/mol. The quantitative estimate of drug-likeness (QED) is 0.795. The molecule has 0 radical (unpaired) electrons. The Morgan fingerprint density at radius 1 is 1.10 bits per heavy atom. The summed E-state index contributed by atoms with van der Waals surface area (Å²) >= 11 is 0. The minimum atomic E-state index is -0.253. The van der Waals surface area contributed by atoms with Crippen LogP contribution in [-0.4, -0.2) is 39.8 Å². The topological polar surface area (TPSA) is 82.8 Å². The lowest BCUT2D eigenvalue weighted by atomic mass is 10.0. The Balaban J connectivity index is 3.13. The first-order chi connectivity index (χ1) is 9.98. The summed E-state index contributed by atoms with van der Waals surface area (Å²) in [5.41, 5.74) is 6.07. The van der Waals surface area contributed by atoms with Gasteiger partial charge in [0, 0.05) is 24.7 Å². The van der Waals surface area contributed by atoms with Gasteiger partial charge in [-0.2, -0.15) is 0 Å². The molecular weight excluding hydrogens is 272 g/mol. The van der Waals surface area contributed by atoms with Crippen molar-refractivity contribution in [3.63, 3.8) is 0 Å². The van der Waals surface area contributed by atoms with Crippen molar-refractivity contribution < 1.29 is 19.0 Å². The van der Waals surface area contributed by atoms with Crippen LogP contribution in [-0.2, 0) is 0 Å². The first kappa shape index (κ1) is 17.1. The third kappa shape index (κ3) is 4.01. The molecule has 3 N–H and O–H groups in total. The SMILES string of the molecule is COc1cc(OC)c(C(=O)NC(CN)C(C)C)cc1OC. The van der Waals surface area contributed by atoms with E-state index in [1.165, 1.54) is 21.3 Å². The Morgan fingerprint density at radius 3 is 2.05 bits per heavy atom. The molecule has 1 unspecified atom stereocenters. The van der Waals surface area contributed by atoms with Gasteiger partial charge in [-0.05, 0) is 5.92 Å². The molecule has 0 bridgehead atoms. The second kappa shape index (κ2) is 7.73. The van der Waals surface area contributed by atoms with Crippen LogP contribution < -0.4 is 25.3 Å². The monoisotopic (exact) mass is 296 g/mol. The smallest absolute Gasteiger partial charge is 0.255 e. The van der Waals surface area contributed by atoms with Crippen LogP contribution in [0.5, 0.6) is 17.2 Å². The van der Waals surface area contributed by atoms with Crippen molar-refractivity contribution in [2.24, 2.45) is 11.7 Å². The van der Waals surface area contributed by atoms with Gasteiger partial charge < -0.3 is 25.3 Å². The number of carbonyl (C=O) groups excluding carboxylic acids is 1. The van der Waals surface area contributed by atoms with Gasteiger partial charge in [-0.1, -0.05) is 13.8 Å². The fourth-order valence-electron chi connectivity index (χ4n) is 1.95. The lowest BCUT2D eigenvalue weighted by Crippen LogP contribution is -2.43. The van der Waals surface area contributed by atoms with Gasteiger partial charge >= 0.3 is 0 Å². The third-order valence-electron chi connectivity index (χ3n) is 3.33. The van der Waals surface area contributed by atoms with Crippen LogP contribution in [0.4, 0.5) is 0 Å². The van der Waals surface area contributed by atoms with Crippen LogP contribution in [0.2, 0.25) is 0 Å². The normalized spacial score (nSPS) is 12.0. The first-order valence-corrected chi connectivity index (χ1v) is 6.79. The molecule has 1 rings (SSSR count). The van der Waals surface area contributed by atoms with Gasteiger partial charge in [0.15, 0.2) is 11.5 Å². The molecule has 0 saturated heterocycles. The molecule has 0 spiro atoms. The van der Waals surface area contributed by atoms with Gasteiger partial charge in [0.2, 0.25) is 0 Å². The van der Waals surface area contributed by atoms with Crippen molar-refractivity contribution in [3.05, 3.63) is 17.7 Å². The molecule has 1 atom stereocenters. The number of hydrogen-bond donors (Lipinski definition) is 2. The number of nitrogens with two attached hydrogens (primary N) is 1. The minimum absolute atomic E-state index is 0.102. The van der Waals surface area contributed by atoms with Crippen molar-refractivity contribution in [1.29, 1.82) is 0 Å². The zero-order chi connectivity index (χ0) is 16.0. The van der Waals surface area contributed by atoms with E-state index in [0.717, 1.165) is 0 Å². The molecule has 0 aliphatic carbocycles.